The summed E-state index contributed by atoms with van der Waals surface area (Å²) in [6, 6.07) is 13.3. The minimum absolute atomic E-state index is 0.135. The van der Waals surface area contributed by atoms with E-state index < -0.39 is 41.2 Å². The van der Waals surface area contributed by atoms with Gasteiger partial charge in [0.2, 0.25) is 5.78 Å². The number of nitrogens with zero attached hydrogens (tertiary/aromatic N) is 1. The van der Waals surface area contributed by atoms with Crippen LogP contribution in [-0.2, 0) is 15.8 Å². The number of amides is 1. The molecular formula is C27H22F3NO6. The molecule has 1 amide bonds. The van der Waals surface area contributed by atoms with Crippen LogP contribution in [0.1, 0.15) is 27.5 Å². The highest BCUT2D eigenvalue weighted by atomic mass is 19.4. The maximum absolute atomic E-state index is 13.6. The normalized spacial score (nSPS) is 17.6. The summed E-state index contributed by atoms with van der Waals surface area (Å²) in [4.78, 5) is 41.1. The molecule has 3 aromatic carbocycles. The fourth-order valence-corrected chi connectivity index (χ4v) is 4.36. The standard InChI is InChI=1S/C27H22F3NO6/c1-35-18-9-7-15(8-10-18)24(32)22-23(20-12-11-19(36-2)14-21(20)37-3)31(26(34)25(22)33)17-6-4-5-16(13-17)27(28,29)30/h4-14,22-23H,1-3H3. The molecule has 192 valence electrons. The molecule has 1 fully saturated rings. The zero-order chi connectivity index (χ0) is 26.9. The van der Waals surface area contributed by atoms with Crippen LogP contribution < -0.4 is 19.1 Å². The van der Waals surface area contributed by atoms with Gasteiger partial charge in [-0.25, -0.2) is 0 Å². The minimum atomic E-state index is -4.69. The Morgan fingerprint density at radius 1 is 0.838 bits per heavy atom. The Bertz CT molecular complexity index is 1350. The van der Waals surface area contributed by atoms with Crippen molar-refractivity contribution in [2.24, 2.45) is 5.92 Å². The molecule has 0 radical (unpaired) electrons. The second kappa shape index (κ2) is 9.96. The van der Waals surface area contributed by atoms with Gasteiger partial charge in [-0.2, -0.15) is 13.2 Å². The van der Waals surface area contributed by atoms with Crippen molar-refractivity contribution < 1.29 is 41.8 Å². The summed E-state index contributed by atoms with van der Waals surface area (Å²) in [5.74, 6) is -3.29. The Kier molecular flexibility index (Phi) is 6.93. The molecular weight excluding hydrogens is 491 g/mol. The highest BCUT2D eigenvalue weighted by Crippen LogP contribution is 2.46. The molecule has 10 heteroatoms. The highest BCUT2D eigenvalue weighted by Gasteiger charge is 2.53. The van der Waals surface area contributed by atoms with Crippen LogP contribution in [0, 0.1) is 5.92 Å². The van der Waals surface area contributed by atoms with Crippen molar-refractivity contribution >= 4 is 23.2 Å². The number of carbonyl (C=O) groups excluding carboxylic acids is 3. The quantitative estimate of drug-likeness (QED) is 0.254. The number of hydrogen-bond acceptors (Lipinski definition) is 6. The van der Waals surface area contributed by atoms with Gasteiger partial charge >= 0.3 is 6.18 Å². The van der Waals surface area contributed by atoms with Gasteiger partial charge in [-0.15, -0.1) is 0 Å². The smallest absolute Gasteiger partial charge is 0.416 e. The summed E-state index contributed by atoms with van der Waals surface area (Å²) in [6.45, 7) is 0. The monoisotopic (exact) mass is 513 g/mol. The fraction of sp³-hybridized carbons (Fsp3) is 0.222. The van der Waals surface area contributed by atoms with Gasteiger partial charge in [0, 0.05) is 22.9 Å². The second-order valence-electron chi connectivity index (χ2n) is 8.21. The molecule has 0 spiro atoms. The molecule has 37 heavy (non-hydrogen) atoms. The van der Waals surface area contributed by atoms with E-state index in [1.54, 1.807) is 6.07 Å². The van der Waals surface area contributed by atoms with Gasteiger partial charge in [-0.1, -0.05) is 6.07 Å². The number of carbonyl (C=O) groups is 3. The Morgan fingerprint density at radius 2 is 1.49 bits per heavy atom. The van der Waals surface area contributed by atoms with Crippen LogP contribution in [0.2, 0.25) is 0 Å². The predicted octanol–water partition coefficient (Wildman–Crippen LogP) is 4.89. The molecule has 0 aliphatic carbocycles. The number of anilines is 1. The van der Waals surface area contributed by atoms with Crippen LogP contribution in [0.15, 0.2) is 66.7 Å². The number of alkyl halides is 3. The van der Waals surface area contributed by atoms with Crippen LogP contribution in [0.25, 0.3) is 0 Å². The maximum Gasteiger partial charge on any atom is 0.416 e. The predicted molar refractivity (Wildman–Crippen MR) is 127 cm³/mol. The van der Waals surface area contributed by atoms with Gasteiger partial charge in [0.25, 0.3) is 5.91 Å². The van der Waals surface area contributed by atoms with E-state index in [0.29, 0.717) is 11.5 Å². The number of methoxy groups -OCH3 is 3. The third-order valence-corrected chi connectivity index (χ3v) is 6.17. The van der Waals surface area contributed by atoms with E-state index in [2.05, 4.69) is 0 Å². The van der Waals surface area contributed by atoms with Crippen molar-refractivity contribution in [2.45, 2.75) is 12.2 Å². The molecule has 0 aromatic heterocycles. The average molecular weight is 513 g/mol. The van der Waals surface area contributed by atoms with E-state index in [0.717, 1.165) is 23.1 Å². The molecule has 0 bridgehead atoms. The molecule has 1 aliphatic rings. The molecule has 2 unspecified atom stereocenters. The van der Waals surface area contributed by atoms with Gasteiger partial charge in [-0.05, 0) is 54.6 Å². The Balaban J connectivity index is 1.91. The van der Waals surface area contributed by atoms with Gasteiger partial charge in [0.15, 0.2) is 5.78 Å². The van der Waals surface area contributed by atoms with Crippen molar-refractivity contribution in [2.75, 3.05) is 26.2 Å². The van der Waals surface area contributed by atoms with Crippen LogP contribution in [-0.4, -0.2) is 38.8 Å². The fourth-order valence-electron chi connectivity index (χ4n) is 4.36. The SMILES string of the molecule is COc1ccc(C(=O)C2C(=O)C(=O)N(c3cccc(C(F)(F)F)c3)C2c2ccc(OC)cc2OC)cc1. The van der Waals surface area contributed by atoms with Crippen LogP contribution in [0.4, 0.5) is 18.9 Å². The molecule has 0 N–H and O–H groups in total. The number of hydrogen-bond donors (Lipinski definition) is 0. The van der Waals surface area contributed by atoms with Gasteiger partial charge in [0.1, 0.15) is 23.2 Å². The molecule has 4 rings (SSSR count). The zero-order valence-electron chi connectivity index (χ0n) is 20.0. The van der Waals surface area contributed by atoms with Crippen LogP contribution >= 0.6 is 0 Å². The van der Waals surface area contributed by atoms with Gasteiger partial charge < -0.3 is 14.2 Å². The molecule has 1 saturated heterocycles. The second-order valence-corrected chi connectivity index (χ2v) is 8.21. The number of rotatable bonds is 7. The van der Waals surface area contributed by atoms with E-state index in [1.165, 1.54) is 63.8 Å². The van der Waals surface area contributed by atoms with Crippen LogP contribution in [0.3, 0.4) is 0 Å². The zero-order valence-corrected chi connectivity index (χ0v) is 20.0. The molecule has 0 saturated carbocycles. The lowest BCUT2D eigenvalue weighted by molar-refractivity contribution is -0.137. The Labute approximate surface area is 210 Å². The maximum atomic E-state index is 13.6. The van der Waals surface area contributed by atoms with E-state index in [9.17, 15) is 27.6 Å². The number of Topliss-reactive ketones (excluding diaryl/α,β-unsaturated/α-hetero) is 2. The average Bonchev–Trinajstić information content (AvgIpc) is 3.17. The minimum Gasteiger partial charge on any atom is -0.497 e. The van der Waals surface area contributed by atoms with Crippen molar-refractivity contribution in [3.63, 3.8) is 0 Å². The van der Waals surface area contributed by atoms with Crippen molar-refractivity contribution in [1.29, 1.82) is 0 Å². The summed E-state index contributed by atoms with van der Waals surface area (Å²) in [7, 11) is 4.24. The lowest BCUT2D eigenvalue weighted by Gasteiger charge is -2.29. The summed E-state index contributed by atoms with van der Waals surface area (Å²) >= 11 is 0. The van der Waals surface area contributed by atoms with Crippen molar-refractivity contribution in [1.82, 2.24) is 0 Å². The number of ether oxygens (including phenoxy) is 3. The molecule has 1 heterocycles. The molecule has 1 aliphatic heterocycles. The van der Waals surface area contributed by atoms with E-state index in [1.807, 2.05) is 0 Å². The number of benzene rings is 3. The molecule has 7 nitrogen and oxygen atoms in total. The Morgan fingerprint density at radius 3 is 2.08 bits per heavy atom. The molecule has 2 atom stereocenters. The third kappa shape index (κ3) is 4.74. The van der Waals surface area contributed by atoms with E-state index >= 15 is 0 Å². The summed E-state index contributed by atoms with van der Waals surface area (Å²) < 4.78 is 56.2. The Hall–Kier alpha value is -4.34. The van der Waals surface area contributed by atoms with Crippen LogP contribution in [0.5, 0.6) is 17.2 Å². The van der Waals surface area contributed by atoms with E-state index in [4.69, 9.17) is 14.2 Å². The third-order valence-electron chi connectivity index (χ3n) is 6.17. The first kappa shape index (κ1) is 25.7. The van der Waals surface area contributed by atoms with Crippen molar-refractivity contribution in [3.8, 4) is 17.2 Å². The molecule has 3 aromatic rings. The van der Waals surface area contributed by atoms with Crippen molar-refractivity contribution in [3.05, 3.63) is 83.4 Å². The summed E-state index contributed by atoms with van der Waals surface area (Å²) in [6.07, 6.45) is -4.69. The first-order valence-corrected chi connectivity index (χ1v) is 11.1. The highest BCUT2D eigenvalue weighted by molar-refractivity contribution is 6.49. The summed E-state index contributed by atoms with van der Waals surface area (Å²) in [5, 5.41) is 0. The lowest BCUT2D eigenvalue weighted by atomic mass is 9.85. The largest absolute Gasteiger partial charge is 0.497 e. The number of ketones is 2. The topological polar surface area (TPSA) is 82.1 Å². The first-order chi connectivity index (χ1) is 17.6. The summed E-state index contributed by atoms with van der Waals surface area (Å²) in [5.41, 5.74) is -0.793. The first-order valence-electron chi connectivity index (χ1n) is 11.1. The van der Waals surface area contributed by atoms with Gasteiger partial charge in [0.05, 0.1) is 32.9 Å². The lowest BCUT2D eigenvalue weighted by Crippen LogP contribution is -2.31. The van der Waals surface area contributed by atoms with Gasteiger partial charge in [-0.3, -0.25) is 19.3 Å². The number of halogens is 3. The van der Waals surface area contributed by atoms with E-state index in [-0.39, 0.29) is 22.6 Å².